The van der Waals surface area contributed by atoms with Gasteiger partial charge in [0.2, 0.25) is 5.91 Å². The van der Waals surface area contributed by atoms with Gasteiger partial charge >= 0.3 is 0 Å². The summed E-state index contributed by atoms with van der Waals surface area (Å²) in [4.78, 5) is 14.7. The second-order valence-corrected chi connectivity index (χ2v) is 6.44. The Labute approximate surface area is 125 Å². The second-order valence-electron chi connectivity index (χ2n) is 6.44. The van der Waals surface area contributed by atoms with Crippen molar-refractivity contribution in [2.45, 2.75) is 57.8 Å². The van der Waals surface area contributed by atoms with Gasteiger partial charge in [0, 0.05) is 6.04 Å². The SMILES string of the molecule is CCCC1NC(c2ccc(F)cc2)N(C2CC(C)C2)C1=O. The molecule has 0 radical (unpaired) electrons. The molecule has 1 saturated heterocycles. The summed E-state index contributed by atoms with van der Waals surface area (Å²) < 4.78 is 13.1. The van der Waals surface area contributed by atoms with Crippen molar-refractivity contribution < 1.29 is 9.18 Å². The zero-order chi connectivity index (χ0) is 15.0. The molecule has 1 aliphatic heterocycles. The standard InChI is InChI=1S/C17H23FN2O/c1-3-4-15-17(21)20(14-9-11(2)10-14)16(19-15)12-5-7-13(18)8-6-12/h5-8,11,14-16,19H,3-4,9-10H2,1-2H3. The van der Waals surface area contributed by atoms with Gasteiger partial charge < -0.3 is 4.90 Å². The van der Waals surface area contributed by atoms with Crippen LogP contribution in [0.4, 0.5) is 4.39 Å². The largest absolute Gasteiger partial charge is 0.319 e. The van der Waals surface area contributed by atoms with Crippen LogP contribution in [-0.2, 0) is 4.79 Å². The van der Waals surface area contributed by atoms with Crippen LogP contribution in [0, 0.1) is 11.7 Å². The highest BCUT2D eigenvalue weighted by atomic mass is 19.1. The number of nitrogens with zero attached hydrogens (tertiary/aromatic N) is 1. The minimum absolute atomic E-state index is 0.0963. The van der Waals surface area contributed by atoms with Crippen molar-refractivity contribution in [1.29, 1.82) is 0 Å². The maximum Gasteiger partial charge on any atom is 0.241 e. The lowest BCUT2D eigenvalue weighted by molar-refractivity contribution is -0.135. The van der Waals surface area contributed by atoms with Gasteiger partial charge in [-0.15, -0.1) is 0 Å². The van der Waals surface area contributed by atoms with E-state index < -0.39 is 0 Å². The van der Waals surface area contributed by atoms with Gasteiger partial charge in [-0.1, -0.05) is 32.4 Å². The summed E-state index contributed by atoms with van der Waals surface area (Å²) in [6, 6.07) is 6.73. The molecule has 1 N–H and O–H groups in total. The third-order valence-corrected chi connectivity index (χ3v) is 4.70. The van der Waals surface area contributed by atoms with E-state index in [-0.39, 0.29) is 23.9 Å². The van der Waals surface area contributed by atoms with E-state index in [0.717, 1.165) is 31.2 Å². The zero-order valence-corrected chi connectivity index (χ0v) is 12.7. The lowest BCUT2D eigenvalue weighted by atomic mass is 9.80. The summed E-state index contributed by atoms with van der Waals surface area (Å²) in [5.41, 5.74) is 0.975. The number of hydrogen-bond donors (Lipinski definition) is 1. The Hall–Kier alpha value is -1.42. The van der Waals surface area contributed by atoms with Crippen LogP contribution in [0.5, 0.6) is 0 Å². The molecule has 2 fully saturated rings. The molecule has 0 aromatic heterocycles. The van der Waals surface area contributed by atoms with Gasteiger partial charge in [0.25, 0.3) is 0 Å². The quantitative estimate of drug-likeness (QED) is 0.923. The van der Waals surface area contributed by atoms with Gasteiger partial charge in [-0.05, 0) is 42.9 Å². The maximum atomic E-state index is 13.1. The topological polar surface area (TPSA) is 32.3 Å². The van der Waals surface area contributed by atoms with E-state index in [9.17, 15) is 9.18 Å². The number of carbonyl (C=O) groups is 1. The fourth-order valence-corrected chi connectivity index (χ4v) is 3.52. The Bertz CT molecular complexity index is 510. The van der Waals surface area contributed by atoms with Crippen molar-refractivity contribution in [2.24, 2.45) is 5.92 Å². The molecule has 1 aromatic rings. The molecule has 2 atom stereocenters. The van der Waals surface area contributed by atoms with Gasteiger partial charge in [0.15, 0.2) is 0 Å². The van der Waals surface area contributed by atoms with Gasteiger partial charge in [-0.25, -0.2) is 4.39 Å². The Kier molecular flexibility index (Phi) is 3.98. The summed E-state index contributed by atoms with van der Waals surface area (Å²) in [6.07, 6.45) is 3.88. The normalized spacial score (nSPS) is 32.3. The summed E-state index contributed by atoms with van der Waals surface area (Å²) >= 11 is 0. The molecule has 1 aromatic carbocycles. The minimum atomic E-state index is -0.239. The number of nitrogens with one attached hydrogen (secondary N) is 1. The Balaban J connectivity index is 1.84. The smallest absolute Gasteiger partial charge is 0.241 e. The Morgan fingerprint density at radius 2 is 1.95 bits per heavy atom. The predicted molar refractivity (Wildman–Crippen MR) is 80.0 cm³/mol. The first-order valence-electron chi connectivity index (χ1n) is 7.93. The van der Waals surface area contributed by atoms with Crippen LogP contribution in [0.25, 0.3) is 0 Å². The molecule has 1 amide bonds. The van der Waals surface area contributed by atoms with Crippen LogP contribution in [-0.4, -0.2) is 22.9 Å². The molecule has 2 unspecified atom stereocenters. The summed E-state index contributed by atoms with van der Waals surface area (Å²) in [5.74, 6) is 0.668. The first kappa shape index (κ1) is 14.5. The highest BCUT2D eigenvalue weighted by Crippen LogP contribution is 2.39. The monoisotopic (exact) mass is 290 g/mol. The van der Waals surface area contributed by atoms with E-state index in [4.69, 9.17) is 0 Å². The molecule has 0 bridgehead atoms. The lowest BCUT2D eigenvalue weighted by Crippen LogP contribution is -2.47. The first-order chi connectivity index (χ1) is 10.1. The van der Waals surface area contributed by atoms with E-state index in [1.807, 2.05) is 4.90 Å². The van der Waals surface area contributed by atoms with Crippen LogP contribution in [0.1, 0.15) is 51.3 Å². The average Bonchev–Trinajstić information content (AvgIpc) is 2.74. The number of hydrogen-bond acceptors (Lipinski definition) is 2. The third kappa shape index (κ3) is 2.69. The molecule has 1 aliphatic carbocycles. The zero-order valence-electron chi connectivity index (χ0n) is 12.7. The van der Waals surface area contributed by atoms with Gasteiger partial charge in [0.1, 0.15) is 12.0 Å². The van der Waals surface area contributed by atoms with Crippen molar-refractivity contribution in [1.82, 2.24) is 10.2 Å². The molecule has 114 valence electrons. The Morgan fingerprint density at radius 3 is 2.52 bits per heavy atom. The van der Waals surface area contributed by atoms with Crippen LogP contribution < -0.4 is 5.32 Å². The summed E-state index contributed by atoms with van der Waals surface area (Å²) in [6.45, 7) is 4.32. The molecule has 2 aliphatic rings. The van der Waals surface area contributed by atoms with Gasteiger partial charge in [-0.2, -0.15) is 0 Å². The molecule has 1 saturated carbocycles. The van der Waals surface area contributed by atoms with Crippen LogP contribution in [0.15, 0.2) is 24.3 Å². The number of halogens is 1. The van der Waals surface area contributed by atoms with E-state index in [0.29, 0.717) is 12.0 Å². The molecule has 1 heterocycles. The molecule has 3 rings (SSSR count). The maximum absolute atomic E-state index is 13.1. The minimum Gasteiger partial charge on any atom is -0.319 e. The molecule has 21 heavy (non-hydrogen) atoms. The lowest BCUT2D eigenvalue weighted by Gasteiger charge is -2.42. The molecular weight excluding hydrogens is 267 g/mol. The summed E-state index contributed by atoms with van der Waals surface area (Å²) in [7, 11) is 0. The molecule has 4 heteroatoms. The molecule has 3 nitrogen and oxygen atoms in total. The summed E-state index contributed by atoms with van der Waals surface area (Å²) in [5, 5.41) is 3.45. The number of benzene rings is 1. The second kappa shape index (κ2) is 5.76. The van der Waals surface area contributed by atoms with Crippen molar-refractivity contribution in [3.05, 3.63) is 35.6 Å². The first-order valence-corrected chi connectivity index (χ1v) is 7.93. The van der Waals surface area contributed by atoms with Crippen LogP contribution in [0.2, 0.25) is 0 Å². The predicted octanol–water partition coefficient (Wildman–Crippen LogP) is 3.22. The van der Waals surface area contributed by atoms with E-state index in [1.54, 1.807) is 12.1 Å². The van der Waals surface area contributed by atoms with Crippen molar-refractivity contribution >= 4 is 5.91 Å². The van der Waals surface area contributed by atoms with Gasteiger partial charge in [-0.3, -0.25) is 10.1 Å². The number of amides is 1. The Morgan fingerprint density at radius 1 is 1.29 bits per heavy atom. The van der Waals surface area contributed by atoms with Crippen molar-refractivity contribution in [2.75, 3.05) is 0 Å². The highest BCUT2D eigenvalue weighted by molar-refractivity contribution is 5.85. The van der Waals surface area contributed by atoms with Gasteiger partial charge in [0.05, 0.1) is 6.04 Å². The third-order valence-electron chi connectivity index (χ3n) is 4.70. The van der Waals surface area contributed by atoms with Crippen molar-refractivity contribution in [3.8, 4) is 0 Å². The average molecular weight is 290 g/mol. The van der Waals surface area contributed by atoms with Crippen molar-refractivity contribution in [3.63, 3.8) is 0 Å². The molecular formula is C17H23FN2O. The van der Waals surface area contributed by atoms with Crippen LogP contribution in [0.3, 0.4) is 0 Å². The van der Waals surface area contributed by atoms with E-state index in [1.165, 1.54) is 12.1 Å². The van der Waals surface area contributed by atoms with Crippen LogP contribution >= 0.6 is 0 Å². The number of carbonyl (C=O) groups excluding carboxylic acids is 1. The number of rotatable bonds is 4. The van der Waals surface area contributed by atoms with E-state index >= 15 is 0 Å². The highest BCUT2D eigenvalue weighted by Gasteiger charge is 2.45. The fourth-order valence-electron chi connectivity index (χ4n) is 3.52. The van der Waals surface area contributed by atoms with E-state index in [2.05, 4.69) is 19.2 Å². The fraction of sp³-hybridized carbons (Fsp3) is 0.588. The molecule has 0 spiro atoms.